The van der Waals surface area contributed by atoms with Gasteiger partial charge in [-0.1, -0.05) is 24.6 Å². The van der Waals surface area contributed by atoms with Crippen molar-refractivity contribution in [2.75, 3.05) is 39.5 Å². The van der Waals surface area contributed by atoms with E-state index in [0.29, 0.717) is 0 Å². The van der Waals surface area contributed by atoms with Crippen LogP contribution in [0.2, 0.25) is 0 Å². The molecule has 0 heterocycles. The molecule has 0 amide bonds. The summed E-state index contributed by atoms with van der Waals surface area (Å²) >= 11 is 0. The Bertz CT molecular complexity index is 361. The second-order valence-corrected chi connectivity index (χ2v) is 5.28. The van der Waals surface area contributed by atoms with Gasteiger partial charge in [0.25, 0.3) is 0 Å². The number of hydrogen-bond donors (Lipinski definition) is 1. The van der Waals surface area contributed by atoms with Crippen molar-refractivity contribution >= 4 is 5.69 Å². The maximum Gasteiger partial charge on any atom is 0.0359 e. The molecule has 0 radical (unpaired) electrons. The fraction of sp³-hybridized carbons (Fsp3) is 0.600. The predicted octanol–water partition coefficient (Wildman–Crippen LogP) is 2.35. The van der Waals surface area contributed by atoms with Gasteiger partial charge in [0.2, 0.25) is 0 Å². The van der Waals surface area contributed by atoms with Crippen LogP contribution >= 0.6 is 0 Å². The van der Waals surface area contributed by atoms with Crippen LogP contribution in [-0.2, 0) is 6.54 Å². The SMILES string of the molecule is CCCN(CCN(C)C)Cc1cc(C)ccc1N. The molecule has 102 valence electrons. The average Bonchev–Trinajstić information content (AvgIpc) is 2.31. The number of aryl methyl sites for hydroxylation is 1. The summed E-state index contributed by atoms with van der Waals surface area (Å²) in [6, 6.07) is 6.29. The van der Waals surface area contributed by atoms with Gasteiger partial charge >= 0.3 is 0 Å². The van der Waals surface area contributed by atoms with E-state index in [9.17, 15) is 0 Å². The van der Waals surface area contributed by atoms with Gasteiger partial charge in [-0.25, -0.2) is 0 Å². The number of hydrogen-bond acceptors (Lipinski definition) is 3. The second kappa shape index (κ2) is 7.39. The molecule has 2 N–H and O–H groups in total. The smallest absolute Gasteiger partial charge is 0.0359 e. The Morgan fingerprint density at radius 3 is 2.44 bits per heavy atom. The van der Waals surface area contributed by atoms with E-state index in [1.54, 1.807) is 0 Å². The minimum Gasteiger partial charge on any atom is -0.398 e. The molecule has 0 atom stereocenters. The van der Waals surface area contributed by atoms with Gasteiger partial charge in [-0.2, -0.15) is 0 Å². The number of nitrogens with zero attached hydrogens (tertiary/aromatic N) is 2. The van der Waals surface area contributed by atoms with Gasteiger partial charge in [-0.15, -0.1) is 0 Å². The maximum atomic E-state index is 6.05. The summed E-state index contributed by atoms with van der Waals surface area (Å²) in [6.45, 7) is 8.60. The molecule has 0 aliphatic heterocycles. The number of benzene rings is 1. The molecule has 18 heavy (non-hydrogen) atoms. The van der Waals surface area contributed by atoms with E-state index in [1.165, 1.54) is 17.5 Å². The normalized spacial score (nSPS) is 11.4. The Morgan fingerprint density at radius 1 is 1.11 bits per heavy atom. The lowest BCUT2D eigenvalue weighted by atomic mass is 10.1. The van der Waals surface area contributed by atoms with E-state index in [1.807, 2.05) is 6.07 Å². The highest BCUT2D eigenvalue weighted by Gasteiger charge is 2.08. The zero-order valence-corrected chi connectivity index (χ0v) is 12.2. The fourth-order valence-corrected chi connectivity index (χ4v) is 2.04. The Morgan fingerprint density at radius 2 is 1.83 bits per heavy atom. The van der Waals surface area contributed by atoms with E-state index >= 15 is 0 Å². The predicted molar refractivity (Wildman–Crippen MR) is 79.7 cm³/mol. The van der Waals surface area contributed by atoms with Crippen molar-refractivity contribution in [3.63, 3.8) is 0 Å². The summed E-state index contributed by atoms with van der Waals surface area (Å²) in [5, 5.41) is 0. The third kappa shape index (κ3) is 5.07. The fourth-order valence-electron chi connectivity index (χ4n) is 2.04. The molecule has 0 aliphatic rings. The Kier molecular flexibility index (Phi) is 6.16. The largest absolute Gasteiger partial charge is 0.398 e. The van der Waals surface area contributed by atoms with E-state index < -0.39 is 0 Å². The zero-order valence-electron chi connectivity index (χ0n) is 12.2. The van der Waals surface area contributed by atoms with Crippen LogP contribution in [0.25, 0.3) is 0 Å². The van der Waals surface area contributed by atoms with Crippen LogP contribution in [0.15, 0.2) is 18.2 Å². The van der Waals surface area contributed by atoms with Gasteiger partial charge < -0.3 is 10.6 Å². The highest BCUT2D eigenvalue weighted by Crippen LogP contribution is 2.16. The van der Waals surface area contributed by atoms with Gasteiger partial charge in [-0.05, 0) is 45.6 Å². The molecular formula is C15H27N3. The van der Waals surface area contributed by atoms with Gasteiger partial charge in [0.15, 0.2) is 0 Å². The van der Waals surface area contributed by atoms with Crippen molar-refractivity contribution in [1.29, 1.82) is 0 Å². The highest BCUT2D eigenvalue weighted by atomic mass is 15.2. The van der Waals surface area contributed by atoms with Gasteiger partial charge in [-0.3, -0.25) is 4.90 Å². The molecule has 0 saturated heterocycles. The Labute approximate surface area is 112 Å². The van der Waals surface area contributed by atoms with Crippen molar-refractivity contribution in [2.45, 2.75) is 26.8 Å². The first kappa shape index (κ1) is 15.0. The summed E-state index contributed by atoms with van der Waals surface area (Å²) < 4.78 is 0. The maximum absolute atomic E-state index is 6.05. The molecule has 0 bridgehead atoms. The number of nitrogens with two attached hydrogens (primary N) is 1. The Balaban J connectivity index is 2.66. The van der Waals surface area contributed by atoms with E-state index in [4.69, 9.17) is 5.73 Å². The first-order valence-electron chi connectivity index (χ1n) is 6.75. The number of nitrogen functional groups attached to an aromatic ring is 1. The summed E-state index contributed by atoms with van der Waals surface area (Å²) in [5.41, 5.74) is 9.49. The van der Waals surface area contributed by atoms with Crippen molar-refractivity contribution in [1.82, 2.24) is 9.80 Å². The topological polar surface area (TPSA) is 32.5 Å². The highest BCUT2D eigenvalue weighted by molar-refractivity contribution is 5.48. The van der Waals surface area contributed by atoms with Crippen molar-refractivity contribution < 1.29 is 0 Å². The molecule has 3 heteroatoms. The molecule has 1 aromatic carbocycles. The quantitative estimate of drug-likeness (QED) is 0.753. The third-order valence-electron chi connectivity index (χ3n) is 3.10. The van der Waals surface area contributed by atoms with Gasteiger partial charge in [0.1, 0.15) is 0 Å². The van der Waals surface area contributed by atoms with Crippen LogP contribution < -0.4 is 5.73 Å². The molecule has 1 rings (SSSR count). The summed E-state index contributed by atoms with van der Waals surface area (Å²) in [5.74, 6) is 0. The second-order valence-electron chi connectivity index (χ2n) is 5.28. The lowest BCUT2D eigenvalue weighted by Crippen LogP contribution is -2.32. The minimum atomic E-state index is 0.909. The van der Waals surface area contributed by atoms with Crippen LogP contribution in [0.5, 0.6) is 0 Å². The number of rotatable bonds is 7. The molecule has 0 saturated carbocycles. The van der Waals surface area contributed by atoms with Gasteiger partial charge in [0.05, 0.1) is 0 Å². The number of likely N-dealkylation sites (N-methyl/N-ethyl adjacent to an activating group) is 1. The monoisotopic (exact) mass is 249 g/mol. The van der Waals surface area contributed by atoms with Crippen LogP contribution in [-0.4, -0.2) is 43.5 Å². The minimum absolute atomic E-state index is 0.909. The van der Waals surface area contributed by atoms with E-state index in [0.717, 1.165) is 31.9 Å². The molecule has 0 aromatic heterocycles. The lowest BCUT2D eigenvalue weighted by Gasteiger charge is -2.24. The molecule has 1 aromatic rings. The molecule has 0 spiro atoms. The number of anilines is 1. The molecular weight excluding hydrogens is 222 g/mol. The summed E-state index contributed by atoms with van der Waals surface area (Å²) in [7, 11) is 4.23. The van der Waals surface area contributed by atoms with Crippen LogP contribution in [0.4, 0.5) is 5.69 Å². The molecule has 3 nitrogen and oxygen atoms in total. The van der Waals surface area contributed by atoms with Gasteiger partial charge in [0, 0.05) is 25.3 Å². The first-order chi connectivity index (χ1) is 8.52. The van der Waals surface area contributed by atoms with Crippen LogP contribution in [0.3, 0.4) is 0 Å². The van der Waals surface area contributed by atoms with Crippen molar-refractivity contribution in [2.24, 2.45) is 0 Å². The van der Waals surface area contributed by atoms with E-state index in [-0.39, 0.29) is 0 Å². The van der Waals surface area contributed by atoms with Crippen molar-refractivity contribution in [3.8, 4) is 0 Å². The molecule has 0 unspecified atom stereocenters. The van der Waals surface area contributed by atoms with Crippen LogP contribution in [0, 0.1) is 6.92 Å². The third-order valence-corrected chi connectivity index (χ3v) is 3.10. The summed E-state index contributed by atoms with van der Waals surface area (Å²) in [4.78, 5) is 4.70. The van der Waals surface area contributed by atoms with E-state index in [2.05, 4.69) is 49.9 Å². The summed E-state index contributed by atoms with van der Waals surface area (Å²) in [6.07, 6.45) is 1.18. The lowest BCUT2D eigenvalue weighted by molar-refractivity contribution is 0.234. The molecule has 0 fully saturated rings. The standard InChI is InChI=1S/C15H27N3/c1-5-8-18(10-9-17(3)4)12-14-11-13(2)6-7-15(14)16/h6-7,11H,5,8-10,12,16H2,1-4H3. The zero-order chi connectivity index (χ0) is 13.5. The molecule has 0 aliphatic carbocycles. The van der Waals surface area contributed by atoms with Crippen molar-refractivity contribution in [3.05, 3.63) is 29.3 Å². The van der Waals surface area contributed by atoms with Crippen LogP contribution in [0.1, 0.15) is 24.5 Å². The average molecular weight is 249 g/mol. The first-order valence-corrected chi connectivity index (χ1v) is 6.75. The Hall–Kier alpha value is -1.06.